The number of amides is 2. The molecule has 162 valence electrons. The summed E-state index contributed by atoms with van der Waals surface area (Å²) >= 11 is 0. The predicted molar refractivity (Wildman–Crippen MR) is 117 cm³/mol. The van der Waals surface area contributed by atoms with Gasteiger partial charge in [-0.25, -0.2) is 0 Å². The van der Waals surface area contributed by atoms with Crippen molar-refractivity contribution in [2.75, 3.05) is 6.61 Å². The maximum Gasteiger partial charge on any atom is 0.240 e. The summed E-state index contributed by atoms with van der Waals surface area (Å²) in [7, 11) is 0. The molecular weight excluding hydrogens is 364 g/mol. The predicted octanol–water partition coefficient (Wildman–Crippen LogP) is 4.21. The summed E-state index contributed by atoms with van der Waals surface area (Å²) in [5.41, 5.74) is 8.53. The van der Waals surface area contributed by atoms with Gasteiger partial charge in [-0.3, -0.25) is 9.59 Å². The third kappa shape index (κ3) is 5.97. The van der Waals surface area contributed by atoms with Gasteiger partial charge in [0, 0.05) is 6.42 Å². The number of hydrogen-bond acceptors (Lipinski definition) is 3. The molecule has 0 heterocycles. The van der Waals surface area contributed by atoms with E-state index in [0.717, 1.165) is 31.4 Å². The first-order valence-electron chi connectivity index (χ1n) is 10.8. The summed E-state index contributed by atoms with van der Waals surface area (Å²) in [5.74, 6) is 0.316. The Morgan fingerprint density at radius 2 is 1.72 bits per heavy atom. The van der Waals surface area contributed by atoms with Gasteiger partial charge in [0.1, 0.15) is 11.8 Å². The van der Waals surface area contributed by atoms with Crippen LogP contribution in [0, 0.1) is 5.92 Å². The molecule has 0 spiro atoms. The Morgan fingerprint density at radius 1 is 1.07 bits per heavy atom. The van der Waals surface area contributed by atoms with Crippen molar-refractivity contribution in [2.24, 2.45) is 11.7 Å². The molecule has 5 heteroatoms. The van der Waals surface area contributed by atoms with E-state index in [1.165, 1.54) is 11.1 Å². The van der Waals surface area contributed by atoms with Crippen LogP contribution in [0.25, 0.3) is 0 Å². The molecule has 0 bridgehead atoms. The number of carbonyl (C=O) groups is 2. The van der Waals surface area contributed by atoms with Crippen molar-refractivity contribution in [1.29, 1.82) is 0 Å². The Hall–Kier alpha value is -2.04. The zero-order valence-electron chi connectivity index (χ0n) is 18.9. The molecule has 0 aliphatic heterocycles. The standard InChI is InChI=1S/C24H38N2O3/c1-16(2)21(22(25)28)26-20(27)10-8-7-9-13-29-17-11-12-18-19(14-17)24(5,6)15-23(18,3)4/h11-12,14,16,21H,7-10,13,15H2,1-6H3,(H2,25,28)(H,26,27). The second-order valence-corrected chi connectivity index (χ2v) is 10.0. The van der Waals surface area contributed by atoms with Crippen molar-refractivity contribution in [2.45, 2.75) is 90.5 Å². The van der Waals surface area contributed by atoms with Crippen molar-refractivity contribution in [3.05, 3.63) is 29.3 Å². The number of unbranched alkanes of at least 4 members (excludes halogenated alkanes) is 2. The van der Waals surface area contributed by atoms with Crippen molar-refractivity contribution in [3.63, 3.8) is 0 Å². The fraction of sp³-hybridized carbons (Fsp3) is 0.667. The van der Waals surface area contributed by atoms with E-state index in [1.807, 2.05) is 13.8 Å². The molecule has 5 nitrogen and oxygen atoms in total. The van der Waals surface area contributed by atoms with E-state index >= 15 is 0 Å². The minimum Gasteiger partial charge on any atom is -0.494 e. The normalized spacial score (nSPS) is 17.6. The Balaban J connectivity index is 1.73. The first kappa shape index (κ1) is 23.2. The summed E-state index contributed by atoms with van der Waals surface area (Å²) in [6, 6.07) is 5.90. The first-order chi connectivity index (χ1) is 13.4. The fourth-order valence-electron chi connectivity index (χ4n) is 4.62. The Kier molecular flexibility index (Phi) is 7.36. The average Bonchev–Trinajstić information content (AvgIpc) is 2.79. The van der Waals surface area contributed by atoms with Crippen LogP contribution in [0.5, 0.6) is 5.75 Å². The third-order valence-electron chi connectivity index (χ3n) is 5.94. The summed E-state index contributed by atoms with van der Waals surface area (Å²) in [5, 5.41) is 2.73. The lowest BCUT2D eigenvalue weighted by Gasteiger charge is -2.22. The number of rotatable bonds is 10. The second kappa shape index (κ2) is 9.19. The van der Waals surface area contributed by atoms with Crippen molar-refractivity contribution in [1.82, 2.24) is 5.32 Å². The number of hydrogen-bond donors (Lipinski definition) is 2. The van der Waals surface area contributed by atoms with Gasteiger partial charge in [-0.2, -0.15) is 0 Å². The van der Waals surface area contributed by atoms with Crippen LogP contribution in [0.4, 0.5) is 0 Å². The highest BCUT2D eigenvalue weighted by Gasteiger charge is 2.41. The van der Waals surface area contributed by atoms with Gasteiger partial charge in [0.05, 0.1) is 6.61 Å². The molecular formula is C24H38N2O3. The average molecular weight is 403 g/mol. The van der Waals surface area contributed by atoms with Gasteiger partial charge < -0.3 is 15.8 Å². The van der Waals surface area contributed by atoms with E-state index in [4.69, 9.17) is 10.5 Å². The van der Waals surface area contributed by atoms with E-state index in [9.17, 15) is 9.59 Å². The lowest BCUT2D eigenvalue weighted by Crippen LogP contribution is -2.47. The van der Waals surface area contributed by atoms with Crippen LogP contribution in [-0.4, -0.2) is 24.5 Å². The smallest absolute Gasteiger partial charge is 0.240 e. The largest absolute Gasteiger partial charge is 0.494 e. The number of nitrogens with one attached hydrogen (secondary N) is 1. The van der Waals surface area contributed by atoms with Gasteiger partial charge in [-0.1, -0.05) is 47.6 Å². The molecule has 0 fully saturated rings. The van der Waals surface area contributed by atoms with Crippen LogP contribution in [0.2, 0.25) is 0 Å². The third-order valence-corrected chi connectivity index (χ3v) is 5.94. The highest BCUT2D eigenvalue weighted by Crippen LogP contribution is 2.50. The zero-order chi connectivity index (χ0) is 21.8. The highest BCUT2D eigenvalue weighted by molar-refractivity contribution is 5.86. The first-order valence-corrected chi connectivity index (χ1v) is 10.8. The summed E-state index contributed by atoms with van der Waals surface area (Å²) < 4.78 is 5.97. The summed E-state index contributed by atoms with van der Waals surface area (Å²) in [6.07, 6.45) is 4.11. The fourth-order valence-corrected chi connectivity index (χ4v) is 4.62. The molecule has 1 aliphatic rings. The quantitative estimate of drug-likeness (QED) is 0.575. The van der Waals surface area contributed by atoms with E-state index in [-0.39, 0.29) is 22.7 Å². The number of primary amides is 1. The van der Waals surface area contributed by atoms with Gasteiger partial charge in [0.25, 0.3) is 0 Å². The Morgan fingerprint density at radius 3 is 2.34 bits per heavy atom. The Bertz CT molecular complexity index is 738. The second-order valence-electron chi connectivity index (χ2n) is 10.0. The van der Waals surface area contributed by atoms with Gasteiger partial charge in [0.2, 0.25) is 11.8 Å². The highest BCUT2D eigenvalue weighted by atomic mass is 16.5. The van der Waals surface area contributed by atoms with Crippen LogP contribution < -0.4 is 15.8 Å². The molecule has 1 aromatic carbocycles. The monoisotopic (exact) mass is 402 g/mol. The molecule has 1 aliphatic carbocycles. The number of benzene rings is 1. The van der Waals surface area contributed by atoms with Gasteiger partial charge in [-0.15, -0.1) is 0 Å². The van der Waals surface area contributed by atoms with E-state index in [1.54, 1.807) is 0 Å². The minimum atomic E-state index is -0.597. The molecule has 2 rings (SSSR count). The SMILES string of the molecule is CC(C)C(NC(=O)CCCCCOc1ccc2c(c1)C(C)(C)CC2(C)C)C(N)=O. The lowest BCUT2D eigenvalue weighted by molar-refractivity contribution is -0.128. The van der Waals surface area contributed by atoms with Crippen LogP contribution in [0.15, 0.2) is 18.2 Å². The van der Waals surface area contributed by atoms with Crippen LogP contribution in [0.1, 0.15) is 84.8 Å². The van der Waals surface area contributed by atoms with E-state index in [0.29, 0.717) is 13.0 Å². The zero-order valence-corrected chi connectivity index (χ0v) is 18.9. The molecule has 0 aromatic heterocycles. The van der Waals surface area contributed by atoms with Gasteiger partial charge in [-0.05, 0) is 65.7 Å². The molecule has 0 saturated carbocycles. The number of fused-ring (bicyclic) bond motifs is 1. The maximum absolute atomic E-state index is 12.0. The number of nitrogens with two attached hydrogens (primary N) is 1. The summed E-state index contributed by atoms with van der Waals surface area (Å²) in [6.45, 7) is 13.6. The molecule has 1 atom stereocenters. The van der Waals surface area contributed by atoms with Crippen molar-refractivity contribution < 1.29 is 14.3 Å². The minimum absolute atomic E-state index is 0.00674. The molecule has 29 heavy (non-hydrogen) atoms. The Labute approximate surface area is 175 Å². The van der Waals surface area contributed by atoms with Gasteiger partial charge >= 0.3 is 0 Å². The van der Waals surface area contributed by atoms with Crippen LogP contribution in [-0.2, 0) is 20.4 Å². The van der Waals surface area contributed by atoms with Gasteiger partial charge in [0.15, 0.2) is 0 Å². The molecule has 2 amide bonds. The van der Waals surface area contributed by atoms with E-state index in [2.05, 4.69) is 51.2 Å². The molecule has 0 radical (unpaired) electrons. The molecule has 1 unspecified atom stereocenters. The number of ether oxygens (including phenoxy) is 1. The maximum atomic E-state index is 12.0. The topological polar surface area (TPSA) is 81.4 Å². The van der Waals surface area contributed by atoms with Crippen LogP contribution >= 0.6 is 0 Å². The molecule has 0 saturated heterocycles. The summed E-state index contributed by atoms with van der Waals surface area (Å²) in [4.78, 5) is 23.4. The van der Waals surface area contributed by atoms with Crippen molar-refractivity contribution in [3.8, 4) is 5.75 Å². The molecule has 1 aromatic rings. The van der Waals surface area contributed by atoms with Crippen LogP contribution in [0.3, 0.4) is 0 Å². The number of carbonyl (C=O) groups excluding carboxylic acids is 2. The van der Waals surface area contributed by atoms with Crippen molar-refractivity contribution >= 4 is 11.8 Å². The van der Waals surface area contributed by atoms with E-state index < -0.39 is 11.9 Å². The molecule has 3 N–H and O–H groups in total. The lowest BCUT2D eigenvalue weighted by atomic mass is 9.82.